The Balaban J connectivity index is 1.96. The third-order valence-electron chi connectivity index (χ3n) is 5.73. The zero-order chi connectivity index (χ0) is 20.3. The van der Waals surface area contributed by atoms with Gasteiger partial charge in [0.1, 0.15) is 0 Å². The molecule has 1 saturated heterocycles. The smallest absolute Gasteiger partial charge is 0.399 e. The summed E-state index contributed by atoms with van der Waals surface area (Å²) in [5, 5.41) is 0.706. The molecule has 28 heavy (non-hydrogen) atoms. The number of hydrogen-bond acceptors (Lipinski definition) is 5. The zero-order valence-corrected chi connectivity index (χ0v) is 17.4. The van der Waals surface area contributed by atoms with Crippen molar-refractivity contribution in [3.63, 3.8) is 0 Å². The standard InChI is InChI=1S/C20H23BN2O4S/c1-14-17(21-26-19(2,3)20(4,5)27-21)16-12-9-13-22-18(16)23(14)28(24,25)15-10-7-6-8-11-15/h6-13H,1-5H3. The lowest BCUT2D eigenvalue weighted by molar-refractivity contribution is 0.00578. The van der Waals surface area contributed by atoms with Crippen molar-refractivity contribution in [2.24, 2.45) is 0 Å². The van der Waals surface area contributed by atoms with Gasteiger partial charge >= 0.3 is 7.12 Å². The van der Waals surface area contributed by atoms with Crippen LogP contribution in [-0.4, -0.2) is 35.7 Å². The number of benzene rings is 1. The fraction of sp³-hybridized carbons (Fsp3) is 0.350. The van der Waals surface area contributed by atoms with Crippen molar-refractivity contribution in [2.75, 3.05) is 0 Å². The number of rotatable bonds is 3. The molecule has 0 bridgehead atoms. The van der Waals surface area contributed by atoms with Gasteiger partial charge in [-0.2, -0.15) is 0 Å². The van der Waals surface area contributed by atoms with Gasteiger partial charge in [0.25, 0.3) is 10.0 Å². The van der Waals surface area contributed by atoms with E-state index in [-0.39, 0.29) is 4.90 Å². The molecule has 8 heteroatoms. The summed E-state index contributed by atoms with van der Waals surface area (Å²) in [6, 6.07) is 12.0. The van der Waals surface area contributed by atoms with Crippen molar-refractivity contribution in [1.29, 1.82) is 0 Å². The minimum Gasteiger partial charge on any atom is -0.399 e. The first-order chi connectivity index (χ1) is 13.1. The maximum absolute atomic E-state index is 13.4. The van der Waals surface area contributed by atoms with Gasteiger partial charge in [-0.1, -0.05) is 18.2 Å². The Labute approximate surface area is 165 Å². The molecule has 0 N–H and O–H groups in total. The number of fused-ring (bicyclic) bond motifs is 1. The van der Waals surface area contributed by atoms with Gasteiger partial charge in [0.15, 0.2) is 5.65 Å². The monoisotopic (exact) mass is 398 g/mol. The summed E-state index contributed by atoms with van der Waals surface area (Å²) in [7, 11) is -4.50. The molecular weight excluding hydrogens is 375 g/mol. The van der Waals surface area contributed by atoms with Crippen LogP contribution in [0.4, 0.5) is 0 Å². The topological polar surface area (TPSA) is 70.4 Å². The van der Waals surface area contributed by atoms with Crippen LogP contribution >= 0.6 is 0 Å². The molecule has 0 spiro atoms. The van der Waals surface area contributed by atoms with Crippen LogP contribution < -0.4 is 5.46 Å². The summed E-state index contributed by atoms with van der Waals surface area (Å²) >= 11 is 0. The van der Waals surface area contributed by atoms with E-state index in [1.807, 2.05) is 33.8 Å². The third-order valence-corrected chi connectivity index (χ3v) is 7.53. The molecule has 1 fully saturated rings. The molecule has 6 nitrogen and oxygen atoms in total. The number of hydrogen-bond donors (Lipinski definition) is 0. The SMILES string of the molecule is Cc1c(B2OC(C)(C)C(C)(C)O2)c2cccnc2n1S(=O)(=O)c1ccccc1. The minimum atomic E-state index is -3.82. The predicted octanol–water partition coefficient (Wildman–Crippen LogP) is 2.88. The highest BCUT2D eigenvalue weighted by Gasteiger charge is 2.53. The van der Waals surface area contributed by atoms with Gasteiger partial charge in [0.05, 0.1) is 16.1 Å². The Hall–Kier alpha value is -2.16. The summed E-state index contributed by atoms with van der Waals surface area (Å²) in [4.78, 5) is 4.58. The van der Waals surface area contributed by atoms with Crippen LogP contribution in [0, 0.1) is 6.92 Å². The molecule has 0 saturated carbocycles. The van der Waals surface area contributed by atoms with Gasteiger partial charge in [-0.3, -0.25) is 0 Å². The second kappa shape index (κ2) is 6.17. The summed E-state index contributed by atoms with van der Waals surface area (Å²) in [5.74, 6) is 0. The number of nitrogens with zero attached hydrogens (tertiary/aromatic N) is 2. The Bertz CT molecular complexity index is 1140. The second-order valence-electron chi connectivity index (χ2n) is 8.04. The van der Waals surface area contributed by atoms with Crippen molar-refractivity contribution < 1.29 is 17.7 Å². The number of pyridine rings is 1. The first kappa shape index (κ1) is 19.2. The fourth-order valence-electron chi connectivity index (χ4n) is 3.48. The molecular formula is C20H23BN2O4S. The first-order valence-corrected chi connectivity index (χ1v) is 10.6. The van der Waals surface area contributed by atoms with E-state index in [4.69, 9.17) is 9.31 Å². The van der Waals surface area contributed by atoms with Crippen LogP contribution in [0.1, 0.15) is 33.4 Å². The maximum atomic E-state index is 13.4. The Morgan fingerprint density at radius 2 is 1.57 bits per heavy atom. The molecule has 0 aliphatic carbocycles. The van der Waals surface area contributed by atoms with E-state index in [2.05, 4.69) is 4.98 Å². The van der Waals surface area contributed by atoms with E-state index in [0.717, 1.165) is 0 Å². The number of aromatic nitrogens is 2. The van der Waals surface area contributed by atoms with Gasteiger partial charge < -0.3 is 9.31 Å². The molecule has 4 rings (SSSR count). The summed E-state index contributed by atoms with van der Waals surface area (Å²) in [6.07, 6.45) is 1.59. The Morgan fingerprint density at radius 1 is 0.964 bits per heavy atom. The normalized spacial score (nSPS) is 18.7. The maximum Gasteiger partial charge on any atom is 0.497 e. The highest BCUT2D eigenvalue weighted by atomic mass is 32.2. The van der Waals surface area contributed by atoms with E-state index in [1.165, 1.54) is 3.97 Å². The van der Waals surface area contributed by atoms with E-state index < -0.39 is 28.3 Å². The molecule has 1 aliphatic rings. The first-order valence-electron chi connectivity index (χ1n) is 9.18. The average molecular weight is 398 g/mol. The molecule has 146 valence electrons. The Morgan fingerprint density at radius 3 is 2.18 bits per heavy atom. The van der Waals surface area contributed by atoms with Crippen molar-refractivity contribution in [3.05, 3.63) is 54.4 Å². The highest BCUT2D eigenvalue weighted by Crippen LogP contribution is 2.37. The lowest BCUT2D eigenvalue weighted by Crippen LogP contribution is -2.41. The predicted molar refractivity (Wildman–Crippen MR) is 109 cm³/mol. The summed E-state index contributed by atoms with van der Waals surface area (Å²) in [6.45, 7) is 9.66. The average Bonchev–Trinajstić information content (AvgIpc) is 3.04. The lowest BCUT2D eigenvalue weighted by Gasteiger charge is -2.32. The van der Waals surface area contributed by atoms with Crippen LogP contribution in [0.5, 0.6) is 0 Å². The molecule has 0 amide bonds. The zero-order valence-electron chi connectivity index (χ0n) is 16.6. The fourth-order valence-corrected chi connectivity index (χ4v) is 5.03. The van der Waals surface area contributed by atoms with E-state index in [1.54, 1.807) is 49.5 Å². The van der Waals surface area contributed by atoms with Crippen molar-refractivity contribution >= 4 is 33.6 Å². The van der Waals surface area contributed by atoms with E-state index in [0.29, 0.717) is 22.2 Å². The molecule has 1 aromatic carbocycles. The summed E-state index contributed by atoms with van der Waals surface area (Å²) in [5.41, 5.74) is 0.545. The van der Waals surface area contributed by atoms with Gasteiger partial charge in [0, 0.05) is 22.7 Å². The quantitative estimate of drug-likeness (QED) is 0.635. The van der Waals surface area contributed by atoms with Crippen molar-refractivity contribution in [1.82, 2.24) is 8.96 Å². The van der Waals surface area contributed by atoms with Gasteiger partial charge in [-0.05, 0) is 58.9 Å². The van der Waals surface area contributed by atoms with Crippen LogP contribution in [0.25, 0.3) is 11.0 Å². The Kier molecular flexibility index (Phi) is 4.23. The minimum absolute atomic E-state index is 0.209. The van der Waals surface area contributed by atoms with Crippen molar-refractivity contribution in [3.8, 4) is 0 Å². The highest BCUT2D eigenvalue weighted by molar-refractivity contribution is 7.90. The lowest BCUT2D eigenvalue weighted by atomic mass is 9.77. The molecule has 3 heterocycles. The molecule has 3 aromatic rings. The molecule has 1 aliphatic heterocycles. The van der Waals surface area contributed by atoms with Gasteiger partial charge in [0.2, 0.25) is 0 Å². The molecule has 2 aromatic heterocycles. The van der Waals surface area contributed by atoms with Gasteiger partial charge in [-0.25, -0.2) is 17.4 Å². The van der Waals surface area contributed by atoms with Crippen LogP contribution in [0.15, 0.2) is 53.6 Å². The molecule has 0 radical (unpaired) electrons. The molecule has 0 atom stereocenters. The largest absolute Gasteiger partial charge is 0.497 e. The van der Waals surface area contributed by atoms with Crippen LogP contribution in [0.3, 0.4) is 0 Å². The van der Waals surface area contributed by atoms with Crippen LogP contribution in [-0.2, 0) is 19.3 Å². The third kappa shape index (κ3) is 2.70. The van der Waals surface area contributed by atoms with Gasteiger partial charge in [-0.15, -0.1) is 0 Å². The van der Waals surface area contributed by atoms with Crippen LogP contribution in [0.2, 0.25) is 0 Å². The summed E-state index contributed by atoms with van der Waals surface area (Å²) < 4.78 is 40.5. The van der Waals surface area contributed by atoms with E-state index >= 15 is 0 Å². The molecule has 0 unspecified atom stereocenters. The van der Waals surface area contributed by atoms with E-state index in [9.17, 15) is 8.42 Å². The second-order valence-corrected chi connectivity index (χ2v) is 9.83. The van der Waals surface area contributed by atoms with Crippen molar-refractivity contribution in [2.45, 2.75) is 50.7 Å².